The van der Waals surface area contributed by atoms with Gasteiger partial charge in [-0.05, 0) is 87.6 Å². The Kier molecular flexibility index (Phi) is 12.8. The SMILES string of the molecule is CC(C)c1c2c([c-]c3ccccc13)-c1nccc3c1c(cc1c(CC(C)(C)C)cccc13)S2.CCC(CC)C(=O)/C=C(\O)C(C)(CC)CC.[Ir]. The molecule has 5 aromatic rings. The number of pyridine rings is 1. The number of rotatable bonds is 9. The fourth-order valence-corrected chi connectivity index (χ4v) is 8.52. The fraction of sp³-hybridized carbons (Fsp3) is 0.422. The van der Waals surface area contributed by atoms with Gasteiger partial charge in [-0.25, -0.2) is 0 Å². The van der Waals surface area contributed by atoms with Crippen LogP contribution < -0.4 is 0 Å². The van der Waals surface area contributed by atoms with Crippen molar-refractivity contribution < 1.29 is 30.0 Å². The first-order valence-corrected chi connectivity index (χ1v) is 19.0. The van der Waals surface area contributed by atoms with E-state index in [9.17, 15) is 9.90 Å². The third kappa shape index (κ3) is 7.91. The molecule has 50 heavy (non-hydrogen) atoms. The minimum Gasteiger partial charge on any atom is -0.512 e. The molecule has 3 nitrogen and oxygen atoms in total. The number of aromatic nitrogens is 1. The molecule has 5 heteroatoms. The number of aliphatic hydroxyl groups is 1. The first-order chi connectivity index (χ1) is 23.3. The van der Waals surface area contributed by atoms with Gasteiger partial charge in [0.1, 0.15) is 5.76 Å². The van der Waals surface area contributed by atoms with Gasteiger partial charge in [0, 0.05) is 54.3 Å². The number of hydrogen-bond acceptors (Lipinski definition) is 4. The van der Waals surface area contributed by atoms with Crippen LogP contribution in [0.5, 0.6) is 0 Å². The second-order valence-corrected chi connectivity index (χ2v) is 16.5. The normalized spacial score (nSPS) is 13.0. The van der Waals surface area contributed by atoms with Crippen LogP contribution in [0.3, 0.4) is 0 Å². The first kappa shape index (κ1) is 39.8. The van der Waals surface area contributed by atoms with Crippen LogP contribution in [0.25, 0.3) is 43.6 Å². The van der Waals surface area contributed by atoms with E-state index >= 15 is 0 Å². The predicted octanol–water partition coefficient (Wildman–Crippen LogP) is 13.4. The van der Waals surface area contributed by atoms with Crippen LogP contribution >= 0.6 is 11.8 Å². The summed E-state index contributed by atoms with van der Waals surface area (Å²) < 4.78 is 0. The molecule has 1 aliphatic heterocycles. The van der Waals surface area contributed by atoms with Crippen molar-refractivity contribution in [2.24, 2.45) is 16.7 Å². The molecule has 0 atom stereocenters. The van der Waals surface area contributed by atoms with Gasteiger partial charge in [-0.3, -0.25) is 9.78 Å². The van der Waals surface area contributed by atoms with E-state index in [-0.39, 0.29) is 48.4 Å². The quantitative estimate of drug-likeness (QED) is 0.0681. The van der Waals surface area contributed by atoms with Gasteiger partial charge >= 0.3 is 0 Å². The average Bonchev–Trinajstić information content (AvgIpc) is 3.07. The van der Waals surface area contributed by atoms with Crippen LogP contribution in [-0.2, 0) is 31.3 Å². The van der Waals surface area contributed by atoms with Crippen LogP contribution in [0.2, 0.25) is 0 Å². The van der Waals surface area contributed by atoms with Crippen LogP contribution in [-0.4, -0.2) is 15.9 Å². The summed E-state index contributed by atoms with van der Waals surface area (Å²) in [4.78, 5) is 19.4. The van der Waals surface area contributed by atoms with Crippen molar-refractivity contribution in [2.45, 2.75) is 117 Å². The Morgan fingerprint density at radius 3 is 2.18 bits per heavy atom. The number of fused-ring (bicyclic) bond motifs is 5. The van der Waals surface area contributed by atoms with E-state index in [0.29, 0.717) is 5.92 Å². The first-order valence-electron chi connectivity index (χ1n) is 18.2. The monoisotopic (exact) mass is 865 g/mol. The number of hydrogen-bond donors (Lipinski definition) is 1. The largest absolute Gasteiger partial charge is 0.512 e. The van der Waals surface area contributed by atoms with Crippen LogP contribution in [0.1, 0.15) is 112 Å². The third-order valence-corrected chi connectivity index (χ3v) is 11.7. The summed E-state index contributed by atoms with van der Waals surface area (Å²) in [7, 11) is 0. The van der Waals surface area contributed by atoms with E-state index in [1.807, 2.05) is 52.6 Å². The number of carbonyl (C=O) groups excluding carboxylic acids is 1. The van der Waals surface area contributed by atoms with Gasteiger partial charge in [-0.2, -0.15) is 0 Å². The van der Waals surface area contributed by atoms with E-state index in [4.69, 9.17) is 4.98 Å². The van der Waals surface area contributed by atoms with Gasteiger partial charge in [0.2, 0.25) is 0 Å². The van der Waals surface area contributed by atoms with E-state index < -0.39 is 0 Å². The van der Waals surface area contributed by atoms with E-state index in [1.165, 1.54) is 59.3 Å². The summed E-state index contributed by atoms with van der Waals surface area (Å²) in [5.41, 5.74) is 5.07. The van der Waals surface area contributed by atoms with Gasteiger partial charge < -0.3 is 5.11 Å². The van der Waals surface area contributed by atoms with Crippen molar-refractivity contribution >= 4 is 49.9 Å². The molecule has 2 heterocycles. The van der Waals surface area contributed by atoms with Crippen LogP contribution in [0.15, 0.2) is 82.4 Å². The number of allylic oxidation sites excluding steroid dienone is 2. The molecule has 0 spiro atoms. The van der Waals surface area contributed by atoms with Crippen molar-refractivity contribution in [3.05, 3.63) is 89.8 Å². The van der Waals surface area contributed by atoms with Crippen molar-refractivity contribution in [1.29, 1.82) is 0 Å². The molecule has 1 N–H and O–H groups in total. The Morgan fingerprint density at radius 2 is 1.56 bits per heavy atom. The molecule has 0 unspecified atom stereocenters. The molecule has 4 aromatic carbocycles. The molecule has 0 aliphatic carbocycles. The Balaban J connectivity index is 0.000000284. The summed E-state index contributed by atoms with van der Waals surface area (Å²) in [6.45, 7) is 21.6. The van der Waals surface area contributed by atoms with Crippen LogP contribution in [0, 0.1) is 22.8 Å². The van der Waals surface area contributed by atoms with Gasteiger partial charge in [-0.15, -0.1) is 29.3 Å². The summed E-state index contributed by atoms with van der Waals surface area (Å²) in [6.07, 6.45) is 7.87. The molecule has 1 radical (unpaired) electrons. The number of nitrogens with zero attached hydrogens (tertiary/aromatic N) is 1. The zero-order valence-corrected chi connectivity index (χ0v) is 34.8. The smallest absolute Gasteiger partial charge is 0.162 e. The molecule has 6 rings (SSSR count). The molecule has 1 aromatic heterocycles. The number of aliphatic hydroxyl groups excluding tert-OH is 1. The zero-order valence-electron chi connectivity index (χ0n) is 31.6. The Morgan fingerprint density at radius 1 is 0.900 bits per heavy atom. The van der Waals surface area contributed by atoms with Gasteiger partial charge in [0.15, 0.2) is 5.78 Å². The third-order valence-electron chi connectivity index (χ3n) is 10.5. The topological polar surface area (TPSA) is 50.2 Å². The van der Waals surface area contributed by atoms with Crippen LogP contribution in [0.4, 0.5) is 0 Å². The number of carbonyl (C=O) groups is 1. The minimum atomic E-state index is -0.248. The standard InChI is InChI=1S/C31H28NS.C14H26O2.Ir/c1-18(2)27-21-11-7-6-9-19(21)15-25-29-28-23(13-14-32-29)22-12-8-10-20(17-31(3,4)5)24(22)16-26(28)33-30(25)27;1-6-11(7-2)12(15)10-13(16)14(5,8-3)9-4;/h6-14,16,18H,17H2,1-5H3;10-11,16H,6-9H2,1-5H3;/q-1;;/b;13-10-;. The molecule has 0 saturated carbocycles. The van der Waals surface area contributed by atoms with E-state index in [1.54, 1.807) is 0 Å². The Labute approximate surface area is 318 Å². The van der Waals surface area contributed by atoms with E-state index in [0.717, 1.165) is 43.4 Å². The molecule has 267 valence electrons. The number of ketones is 1. The predicted molar refractivity (Wildman–Crippen MR) is 211 cm³/mol. The van der Waals surface area contributed by atoms with Crippen molar-refractivity contribution in [2.75, 3.05) is 0 Å². The van der Waals surface area contributed by atoms with Gasteiger partial charge in [0.05, 0.1) is 0 Å². The second-order valence-electron chi connectivity index (χ2n) is 15.5. The van der Waals surface area contributed by atoms with Crippen molar-refractivity contribution in [3.8, 4) is 11.3 Å². The van der Waals surface area contributed by atoms with Crippen molar-refractivity contribution in [1.82, 2.24) is 4.98 Å². The van der Waals surface area contributed by atoms with Crippen molar-refractivity contribution in [3.63, 3.8) is 0 Å². The molecular formula is C45H54IrNO2S-. The molecular weight excluding hydrogens is 811 g/mol. The van der Waals surface area contributed by atoms with E-state index in [2.05, 4.69) is 95.3 Å². The van der Waals surface area contributed by atoms with Gasteiger partial charge in [-0.1, -0.05) is 122 Å². The fourth-order valence-electron chi connectivity index (χ4n) is 7.11. The molecule has 1 aliphatic rings. The molecule has 0 saturated heterocycles. The maximum Gasteiger partial charge on any atom is 0.162 e. The summed E-state index contributed by atoms with van der Waals surface area (Å²) >= 11 is 1.92. The molecule has 0 fully saturated rings. The Bertz CT molecular complexity index is 2030. The minimum absolute atomic E-state index is 0. The maximum absolute atomic E-state index is 11.9. The average molecular weight is 865 g/mol. The Hall–Kier alpha value is -2.98. The second kappa shape index (κ2) is 16.1. The van der Waals surface area contributed by atoms with Gasteiger partial charge in [0.25, 0.3) is 0 Å². The zero-order chi connectivity index (χ0) is 35.7. The summed E-state index contributed by atoms with van der Waals surface area (Å²) in [5, 5.41) is 17.8. The summed E-state index contributed by atoms with van der Waals surface area (Å²) in [6, 6.07) is 23.8. The maximum atomic E-state index is 11.9. The molecule has 0 bridgehead atoms. The summed E-state index contributed by atoms with van der Waals surface area (Å²) in [5.74, 6) is 0.786. The number of benzene rings is 4. The molecule has 0 amide bonds.